The Hall–Kier alpha value is -2.54. The first kappa shape index (κ1) is 15.8. The van der Waals surface area contributed by atoms with Crippen molar-refractivity contribution in [3.8, 4) is 0 Å². The average molecular weight is 301 g/mol. The summed E-state index contributed by atoms with van der Waals surface area (Å²) in [7, 11) is 1.58. The van der Waals surface area contributed by atoms with Crippen LogP contribution < -0.4 is 10.6 Å². The first-order valence-electron chi connectivity index (χ1n) is 6.94. The van der Waals surface area contributed by atoms with Crippen LogP contribution in [-0.2, 0) is 11.3 Å². The van der Waals surface area contributed by atoms with Crippen LogP contribution in [-0.4, -0.2) is 41.1 Å². The molecule has 0 saturated heterocycles. The number of pyridine rings is 1. The van der Waals surface area contributed by atoms with E-state index in [0.717, 1.165) is 11.3 Å². The van der Waals surface area contributed by atoms with E-state index in [1.54, 1.807) is 25.6 Å². The molecule has 0 bridgehead atoms. The lowest BCUT2D eigenvalue weighted by Crippen LogP contribution is -2.28. The van der Waals surface area contributed by atoms with Gasteiger partial charge < -0.3 is 15.4 Å². The highest BCUT2D eigenvalue weighted by molar-refractivity contribution is 5.92. The minimum absolute atomic E-state index is 0.244. The first-order chi connectivity index (χ1) is 10.7. The number of methoxy groups -OCH3 is 1. The Bertz CT molecular complexity index is 619. The first-order valence-corrected chi connectivity index (χ1v) is 6.94. The molecule has 0 fully saturated rings. The molecule has 22 heavy (non-hydrogen) atoms. The molecule has 0 spiro atoms. The van der Waals surface area contributed by atoms with Crippen molar-refractivity contribution in [3.05, 3.63) is 47.5 Å². The second-order valence-electron chi connectivity index (χ2n) is 4.68. The van der Waals surface area contributed by atoms with Crippen molar-refractivity contribution in [1.29, 1.82) is 0 Å². The number of ether oxygens (including phenoxy) is 1. The molecule has 0 radical (unpaired) electrons. The van der Waals surface area contributed by atoms with Crippen LogP contribution in [0.15, 0.2) is 30.6 Å². The van der Waals surface area contributed by atoms with E-state index in [4.69, 9.17) is 4.74 Å². The Morgan fingerprint density at radius 1 is 1.36 bits per heavy atom. The Kier molecular flexibility index (Phi) is 5.79. The molecule has 2 aromatic rings. The molecular weight excluding hydrogens is 282 g/mol. The fourth-order valence-corrected chi connectivity index (χ4v) is 1.80. The molecule has 0 unspecified atom stereocenters. The summed E-state index contributed by atoms with van der Waals surface area (Å²) >= 11 is 0. The molecule has 7 nitrogen and oxygen atoms in total. The Balaban J connectivity index is 2.01. The third kappa shape index (κ3) is 4.78. The van der Waals surface area contributed by atoms with Gasteiger partial charge in [-0.05, 0) is 24.6 Å². The number of amides is 1. The number of aromatic nitrogens is 3. The van der Waals surface area contributed by atoms with Crippen molar-refractivity contribution in [2.24, 2.45) is 0 Å². The maximum atomic E-state index is 12.0. The molecule has 7 heteroatoms. The molecule has 0 saturated carbocycles. The molecule has 0 atom stereocenters. The number of rotatable bonds is 7. The van der Waals surface area contributed by atoms with E-state index >= 15 is 0 Å². The number of anilines is 1. The SMILES string of the molecule is COCCNC(=O)c1cc(C)nc(NCc2cccnc2)n1. The molecular formula is C15H19N5O2. The molecule has 2 aromatic heterocycles. The summed E-state index contributed by atoms with van der Waals surface area (Å²) in [6.07, 6.45) is 3.48. The van der Waals surface area contributed by atoms with Gasteiger partial charge in [-0.15, -0.1) is 0 Å². The van der Waals surface area contributed by atoms with Crippen molar-refractivity contribution >= 4 is 11.9 Å². The van der Waals surface area contributed by atoms with Crippen LogP contribution in [0.5, 0.6) is 0 Å². The molecule has 2 rings (SSSR count). The van der Waals surface area contributed by atoms with Gasteiger partial charge in [0.15, 0.2) is 0 Å². The van der Waals surface area contributed by atoms with Gasteiger partial charge in [-0.25, -0.2) is 9.97 Å². The highest BCUT2D eigenvalue weighted by Crippen LogP contribution is 2.07. The van der Waals surface area contributed by atoms with E-state index in [-0.39, 0.29) is 5.91 Å². The minimum atomic E-state index is -0.244. The summed E-state index contributed by atoms with van der Waals surface area (Å²) in [5.74, 6) is 0.174. The number of hydrogen-bond acceptors (Lipinski definition) is 6. The van der Waals surface area contributed by atoms with Crippen molar-refractivity contribution in [2.75, 3.05) is 25.6 Å². The van der Waals surface area contributed by atoms with Crippen LogP contribution in [0.2, 0.25) is 0 Å². The van der Waals surface area contributed by atoms with Gasteiger partial charge in [0, 0.05) is 38.3 Å². The summed E-state index contributed by atoms with van der Waals surface area (Å²) in [6.45, 7) is 3.27. The molecule has 2 heterocycles. The molecule has 2 N–H and O–H groups in total. The van der Waals surface area contributed by atoms with E-state index in [9.17, 15) is 4.79 Å². The van der Waals surface area contributed by atoms with E-state index < -0.39 is 0 Å². The number of nitrogens with zero attached hydrogens (tertiary/aromatic N) is 3. The predicted octanol–water partition coefficient (Wildman–Crippen LogP) is 1.17. The third-order valence-corrected chi connectivity index (χ3v) is 2.85. The molecule has 0 aliphatic carbocycles. The van der Waals surface area contributed by atoms with Gasteiger partial charge >= 0.3 is 0 Å². The third-order valence-electron chi connectivity index (χ3n) is 2.85. The summed E-state index contributed by atoms with van der Waals surface area (Å²) in [5.41, 5.74) is 2.07. The van der Waals surface area contributed by atoms with Gasteiger partial charge in [0.2, 0.25) is 5.95 Å². The second-order valence-corrected chi connectivity index (χ2v) is 4.68. The monoisotopic (exact) mass is 301 g/mol. The van der Waals surface area contributed by atoms with Crippen LogP contribution in [0.3, 0.4) is 0 Å². The van der Waals surface area contributed by atoms with Crippen molar-refractivity contribution < 1.29 is 9.53 Å². The van der Waals surface area contributed by atoms with Crippen LogP contribution in [0.1, 0.15) is 21.7 Å². The average Bonchev–Trinajstić information content (AvgIpc) is 2.53. The standard InChI is InChI=1S/C15H19N5O2/c1-11-8-13(14(21)17-6-7-22-2)20-15(19-11)18-10-12-4-3-5-16-9-12/h3-5,8-9H,6-7,10H2,1-2H3,(H,17,21)(H,18,19,20). The zero-order valence-electron chi connectivity index (χ0n) is 12.7. The van der Waals surface area contributed by atoms with Gasteiger partial charge in [0.05, 0.1) is 6.61 Å². The summed E-state index contributed by atoms with van der Waals surface area (Å²) in [4.78, 5) is 24.6. The van der Waals surface area contributed by atoms with Gasteiger partial charge in [0.25, 0.3) is 5.91 Å². The number of aryl methyl sites for hydroxylation is 1. The van der Waals surface area contributed by atoms with Crippen molar-refractivity contribution in [2.45, 2.75) is 13.5 Å². The Labute approximate surface area is 129 Å². The van der Waals surface area contributed by atoms with Crippen LogP contribution in [0.4, 0.5) is 5.95 Å². The number of hydrogen-bond donors (Lipinski definition) is 2. The largest absolute Gasteiger partial charge is 0.383 e. The summed E-state index contributed by atoms with van der Waals surface area (Å²) < 4.78 is 4.90. The summed E-state index contributed by atoms with van der Waals surface area (Å²) in [6, 6.07) is 5.47. The highest BCUT2D eigenvalue weighted by atomic mass is 16.5. The number of nitrogens with one attached hydrogen (secondary N) is 2. The maximum Gasteiger partial charge on any atom is 0.270 e. The fraction of sp³-hybridized carbons (Fsp3) is 0.333. The van der Waals surface area contributed by atoms with Crippen LogP contribution in [0.25, 0.3) is 0 Å². The molecule has 0 aliphatic heterocycles. The normalized spacial score (nSPS) is 10.3. The minimum Gasteiger partial charge on any atom is -0.383 e. The second kappa shape index (κ2) is 8.04. The predicted molar refractivity (Wildman–Crippen MR) is 82.5 cm³/mol. The molecule has 1 amide bonds. The lowest BCUT2D eigenvalue weighted by molar-refractivity contribution is 0.0932. The Morgan fingerprint density at radius 2 is 2.23 bits per heavy atom. The van der Waals surface area contributed by atoms with Gasteiger partial charge in [0.1, 0.15) is 5.69 Å². The lowest BCUT2D eigenvalue weighted by atomic mass is 10.3. The van der Waals surface area contributed by atoms with E-state index in [1.165, 1.54) is 0 Å². The lowest BCUT2D eigenvalue weighted by Gasteiger charge is -2.08. The zero-order chi connectivity index (χ0) is 15.8. The van der Waals surface area contributed by atoms with Gasteiger partial charge in [-0.3, -0.25) is 9.78 Å². The van der Waals surface area contributed by atoms with Gasteiger partial charge in [-0.1, -0.05) is 6.07 Å². The van der Waals surface area contributed by atoms with Crippen molar-refractivity contribution in [1.82, 2.24) is 20.3 Å². The van der Waals surface area contributed by atoms with Gasteiger partial charge in [-0.2, -0.15) is 0 Å². The van der Waals surface area contributed by atoms with E-state index in [1.807, 2.05) is 19.1 Å². The fourth-order valence-electron chi connectivity index (χ4n) is 1.80. The van der Waals surface area contributed by atoms with E-state index in [2.05, 4.69) is 25.6 Å². The molecule has 116 valence electrons. The summed E-state index contributed by atoms with van der Waals surface area (Å²) in [5, 5.41) is 5.83. The number of carbonyl (C=O) groups is 1. The molecule has 0 aliphatic rings. The van der Waals surface area contributed by atoms with Crippen LogP contribution >= 0.6 is 0 Å². The maximum absolute atomic E-state index is 12.0. The van der Waals surface area contributed by atoms with Crippen molar-refractivity contribution in [3.63, 3.8) is 0 Å². The van der Waals surface area contributed by atoms with Crippen LogP contribution in [0, 0.1) is 6.92 Å². The van der Waals surface area contributed by atoms with E-state index in [0.29, 0.717) is 31.3 Å². The molecule has 0 aromatic carbocycles. The highest BCUT2D eigenvalue weighted by Gasteiger charge is 2.10. The smallest absolute Gasteiger partial charge is 0.270 e. The topological polar surface area (TPSA) is 89.0 Å². The Morgan fingerprint density at radius 3 is 2.95 bits per heavy atom. The quantitative estimate of drug-likeness (QED) is 0.746. The zero-order valence-corrected chi connectivity index (χ0v) is 12.7. The number of carbonyl (C=O) groups excluding carboxylic acids is 1.